The van der Waals surface area contributed by atoms with Crippen molar-refractivity contribution in [3.8, 4) is 0 Å². The van der Waals surface area contributed by atoms with Crippen LogP contribution in [0.2, 0.25) is 0 Å². The van der Waals surface area contributed by atoms with Crippen LogP contribution in [0.3, 0.4) is 0 Å². The van der Waals surface area contributed by atoms with E-state index < -0.39 is 0 Å². The number of thiocarbonyl (C=S) groups is 1. The van der Waals surface area contributed by atoms with Crippen LogP contribution in [-0.2, 0) is 4.79 Å². The van der Waals surface area contributed by atoms with Crippen LogP contribution in [0.5, 0.6) is 0 Å². The molecular formula is C9H13NOS3. The van der Waals surface area contributed by atoms with Gasteiger partial charge in [0.05, 0.1) is 0 Å². The van der Waals surface area contributed by atoms with Gasteiger partial charge in [0.25, 0.3) is 0 Å². The summed E-state index contributed by atoms with van der Waals surface area (Å²) in [5.74, 6) is 1.76. The first kappa shape index (κ1) is 10.8. The summed E-state index contributed by atoms with van der Waals surface area (Å²) in [5, 5.41) is 0.294. The third kappa shape index (κ3) is 1.95. The molecule has 2 rings (SSSR count). The van der Waals surface area contributed by atoms with Crippen molar-refractivity contribution in [3.05, 3.63) is 0 Å². The molecular weight excluding hydrogens is 234 g/mol. The molecule has 0 unspecified atom stereocenters. The van der Waals surface area contributed by atoms with Crippen molar-refractivity contribution in [3.63, 3.8) is 0 Å². The second-order valence-electron chi connectivity index (χ2n) is 4.49. The van der Waals surface area contributed by atoms with Crippen LogP contribution in [0.15, 0.2) is 0 Å². The first-order chi connectivity index (χ1) is 6.49. The van der Waals surface area contributed by atoms with Gasteiger partial charge >= 0.3 is 0 Å². The standard InChI is InChI=1S/C9H13NOS3/c1-9(2)4-10-6(3-13-8(10)12)7(11)14-5-9/h6H,3-5H2,1-2H3/t6-/m0/s1. The minimum Gasteiger partial charge on any atom is -0.345 e. The van der Waals surface area contributed by atoms with Gasteiger partial charge in [0, 0.05) is 18.1 Å². The zero-order valence-corrected chi connectivity index (χ0v) is 10.7. The summed E-state index contributed by atoms with van der Waals surface area (Å²) >= 11 is 8.37. The van der Waals surface area contributed by atoms with Crippen molar-refractivity contribution in [2.24, 2.45) is 5.41 Å². The van der Waals surface area contributed by atoms with Crippen molar-refractivity contribution in [1.82, 2.24) is 4.90 Å². The zero-order valence-electron chi connectivity index (χ0n) is 8.28. The Morgan fingerprint density at radius 2 is 2.21 bits per heavy atom. The lowest BCUT2D eigenvalue weighted by Gasteiger charge is -2.29. The molecule has 5 heteroatoms. The molecule has 2 aliphatic heterocycles. The highest BCUT2D eigenvalue weighted by Gasteiger charge is 2.40. The lowest BCUT2D eigenvalue weighted by atomic mass is 9.95. The van der Waals surface area contributed by atoms with Crippen LogP contribution in [0, 0.1) is 5.41 Å². The van der Waals surface area contributed by atoms with Crippen molar-refractivity contribution >= 4 is 45.2 Å². The maximum atomic E-state index is 11.8. The number of carbonyl (C=O) groups is 1. The number of hydrogen-bond acceptors (Lipinski definition) is 4. The number of rotatable bonds is 0. The normalized spacial score (nSPS) is 31.6. The third-order valence-electron chi connectivity index (χ3n) is 2.45. The summed E-state index contributed by atoms with van der Waals surface area (Å²) < 4.78 is 0.902. The third-order valence-corrected chi connectivity index (χ3v) is 5.49. The highest BCUT2D eigenvalue weighted by Crippen LogP contribution is 2.36. The van der Waals surface area contributed by atoms with Gasteiger partial charge in [-0.25, -0.2) is 0 Å². The van der Waals surface area contributed by atoms with E-state index in [-0.39, 0.29) is 11.5 Å². The highest BCUT2D eigenvalue weighted by molar-refractivity contribution is 8.23. The Bertz CT molecular complexity index is 290. The minimum atomic E-state index is 0.0410. The topological polar surface area (TPSA) is 20.3 Å². The molecule has 2 aliphatic rings. The number of thioether (sulfide) groups is 2. The van der Waals surface area contributed by atoms with E-state index in [2.05, 4.69) is 18.7 Å². The van der Waals surface area contributed by atoms with Gasteiger partial charge in [-0.1, -0.05) is 49.6 Å². The fourth-order valence-corrected chi connectivity index (χ4v) is 4.21. The van der Waals surface area contributed by atoms with Gasteiger partial charge < -0.3 is 4.90 Å². The molecule has 2 fully saturated rings. The molecule has 78 valence electrons. The molecule has 0 aromatic heterocycles. The summed E-state index contributed by atoms with van der Waals surface area (Å²) in [6, 6.07) is 0.0410. The molecule has 2 saturated heterocycles. The molecule has 2 heterocycles. The molecule has 0 spiro atoms. The molecule has 0 radical (unpaired) electrons. The maximum absolute atomic E-state index is 11.8. The van der Waals surface area contributed by atoms with Crippen LogP contribution in [-0.4, -0.2) is 38.4 Å². The summed E-state index contributed by atoms with van der Waals surface area (Å²) in [6.45, 7) is 5.31. The molecule has 1 atom stereocenters. The fourth-order valence-electron chi connectivity index (χ4n) is 1.69. The molecule has 2 nitrogen and oxygen atoms in total. The van der Waals surface area contributed by atoms with E-state index in [0.717, 1.165) is 22.4 Å². The summed E-state index contributed by atoms with van der Waals surface area (Å²) in [6.07, 6.45) is 0. The van der Waals surface area contributed by atoms with Gasteiger partial charge in [-0.15, -0.1) is 0 Å². The highest BCUT2D eigenvalue weighted by atomic mass is 32.2. The Labute approximate surface area is 98.2 Å². The Hall–Kier alpha value is 0.260. The first-order valence-electron chi connectivity index (χ1n) is 4.60. The minimum absolute atomic E-state index is 0.0410. The quantitative estimate of drug-likeness (QED) is 0.608. The molecule has 0 bridgehead atoms. The Morgan fingerprint density at radius 1 is 1.50 bits per heavy atom. The van der Waals surface area contributed by atoms with Gasteiger partial charge in [0.15, 0.2) is 0 Å². The molecule has 0 N–H and O–H groups in total. The molecule has 0 amide bonds. The van der Waals surface area contributed by atoms with Gasteiger partial charge in [-0.05, 0) is 5.41 Å². The van der Waals surface area contributed by atoms with E-state index in [1.54, 1.807) is 11.8 Å². The van der Waals surface area contributed by atoms with Gasteiger partial charge in [0.1, 0.15) is 10.4 Å². The zero-order chi connectivity index (χ0) is 10.3. The predicted molar refractivity (Wildman–Crippen MR) is 66.8 cm³/mol. The first-order valence-corrected chi connectivity index (χ1v) is 6.98. The van der Waals surface area contributed by atoms with E-state index >= 15 is 0 Å². The summed E-state index contributed by atoms with van der Waals surface area (Å²) in [5.41, 5.74) is 0.185. The van der Waals surface area contributed by atoms with Gasteiger partial charge in [0.2, 0.25) is 5.12 Å². The number of carbonyl (C=O) groups excluding carboxylic acids is 1. The van der Waals surface area contributed by atoms with Crippen molar-refractivity contribution in [2.45, 2.75) is 19.9 Å². The lowest BCUT2D eigenvalue weighted by Crippen LogP contribution is -2.41. The van der Waals surface area contributed by atoms with Gasteiger partial charge in [-0.3, -0.25) is 4.79 Å². The number of fused-ring (bicyclic) bond motifs is 1. The summed E-state index contributed by atoms with van der Waals surface area (Å²) in [4.78, 5) is 13.9. The van der Waals surface area contributed by atoms with Crippen LogP contribution < -0.4 is 0 Å². The molecule has 0 aromatic carbocycles. The Morgan fingerprint density at radius 3 is 2.93 bits per heavy atom. The molecule has 0 aromatic rings. The van der Waals surface area contributed by atoms with Crippen molar-refractivity contribution in [2.75, 3.05) is 18.1 Å². The average molecular weight is 247 g/mol. The molecule has 0 aliphatic carbocycles. The van der Waals surface area contributed by atoms with E-state index in [0.29, 0.717) is 5.12 Å². The Kier molecular flexibility index (Phi) is 2.83. The predicted octanol–water partition coefficient (Wildman–Crippen LogP) is 1.99. The average Bonchev–Trinajstić information content (AvgIpc) is 2.38. The van der Waals surface area contributed by atoms with Crippen molar-refractivity contribution in [1.29, 1.82) is 0 Å². The lowest BCUT2D eigenvalue weighted by molar-refractivity contribution is -0.113. The van der Waals surface area contributed by atoms with E-state index in [1.165, 1.54) is 11.8 Å². The molecule has 14 heavy (non-hydrogen) atoms. The van der Waals surface area contributed by atoms with E-state index in [1.807, 2.05) is 0 Å². The molecule has 0 saturated carbocycles. The van der Waals surface area contributed by atoms with Crippen molar-refractivity contribution < 1.29 is 4.79 Å². The Balaban J connectivity index is 2.25. The largest absolute Gasteiger partial charge is 0.345 e. The second kappa shape index (κ2) is 3.68. The van der Waals surface area contributed by atoms with E-state index in [9.17, 15) is 4.79 Å². The number of hydrogen-bond donors (Lipinski definition) is 0. The maximum Gasteiger partial charge on any atom is 0.212 e. The van der Waals surface area contributed by atoms with Crippen LogP contribution in [0.25, 0.3) is 0 Å². The van der Waals surface area contributed by atoms with Gasteiger partial charge in [-0.2, -0.15) is 0 Å². The van der Waals surface area contributed by atoms with E-state index in [4.69, 9.17) is 12.2 Å². The monoisotopic (exact) mass is 247 g/mol. The summed E-state index contributed by atoms with van der Waals surface area (Å²) in [7, 11) is 0. The fraction of sp³-hybridized carbons (Fsp3) is 0.778. The smallest absolute Gasteiger partial charge is 0.212 e. The SMILES string of the molecule is CC1(C)CSC(=O)[C@@H]2CSC(=S)N2C1. The van der Waals surface area contributed by atoms with Crippen LogP contribution in [0.4, 0.5) is 0 Å². The van der Waals surface area contributed by atoms with Crippen LogP contribution in [0.1, 0.15) is 13.8 Å². The second-order valence-corrected chi connectivity index (χ2v) is 7.13. The number of nitrogens with zero attached hydrogens (tertiary/aromatic N) is 1. The van der Waals surface area contributed by atoms with Crippen LogP contribution >= 0.6 is 35.7 Å².